The number of hydrogen-bond donors (Lipinski definition) is 1. The zero-order chi connectivity index (χ0) is 19.7. The van der Waals surface area contributed by atoms with Crippen LogP contribution in [0.2, 0.25) is 0 Å². The van der Waals surface area contributed by atoms with E-state index < -0.39 is 5.92 Å². The molecule has 1 amide bonds. The number of nitrogens with one attached hydrogen (secondary N) is 1. The molecule has 1 N–H and O–H groups in total. The minimum atomic E-state index is -2.52. The number of carbonyl (C=O) groups excluding carboxylic acids is 1. The lowest BCUT2D eigenvalue weighted by atomic mass is 10.0. The largest absolute Gasteiger partial charge is 0.349 e. The van der Waals surface area contributed by atoms with Gasteiger partial charge in [0.25, 0.3) is 5.91 Å². The van der Waals surface area contributed by atoms with Gasteiger partial charge < -0.3 is 5.32 Å². The van der Waals surface area contributed by atoms with E-state index in [9.17, 15) is 13.6 Å². The molecular weight excluding hydrogens is 358 g/mol. The summed E-state index contributed by atoms with van der Waals surface area (Å²) < 4.78 is 27.0. The highest BCUT2D eigenvalue weighted by Gasteiger charge is 2.50. The van der Waals surface area contributed by atoms with Gasteiger partial charge in [-0.15, -0.1) is 0 Å². The predicted molar refractivity (Wildman–Crippen MR) is 103 cm³/mol. The molecule has 4 rings (SSSR count). The van der Waals surface area contributed by atoms with Gasteiger partial charge in [-0.25, -0.2) is 8.78 Å². The normalized spacial score (nSPS) is 24.9. The quantitative estimate of drug-likeness (QED) is 0.788. The Kier molecular flexibility index (Phi) is 4.89. The lowest BCUT2D eigenvalue weighted by Crippen LogP contribution is -2.33. The van der Waals surface area contributed by atoms with E-state index in [1.165, 1.54) is 0 Å². The average molecular weight is 380 g/mol. The Morgan fingerprint density at radius 1 is 1.18 bits per heavy atom. The zero-order valence-electron chi connectivity index (χ0n) is 15.7. The van der Waals surface area contributed by atoms with Gasteiger partial charge in [-0.2, -0.15) is 0 Å². The monoisotopic (exact) mass is 380 g/mol. The predicted octanol–water partition coefficient (Wildman–Crippen LogP) is 4.34. The molecule has 0 aliphatic heterocycles. The molecule has 3 nitrogen and oxygen atoms in total. The van der Waals surface area contributed by atoms with Crippen LogP contribution in [0.1, 0.15) is 52.7 Å². The second-order valence-electron chi connectivity index (χ2n) is 7.95. The van der Waals surface area contributed by atoms with Crippen molar-refractivity contribution < 1.29 is 13.6 Å². The van der Waals surface area contributed by atoms with E-state index in [0.29, 0.717) is 18.4 Å². The van der Waals surface area contributed by atoms with E-state index in [4.69, 9.17) is 0 Å². The van der Waals surface area contributed by atoms with E-state index in [1.54, 1.807) is 24.5 Å². The fraction of sp³-hybridized carbons (Fsp3) is 0.391. The summed E-state index contributed by atoms with van der Waals surface area (Å²) in [4.78, 5) is 16.7. The van der Waals surface area contributed by atoms with Gasteiger partial charge >= 0.3 is 0 Å². The second-order valence-corrected chi connectivity index (χ2v) is 7.95. The van der Waals surface area contributed by atoms with Crippen molar-refractivity contribution in [2.24, 2.45) is 11.8 Å². The maximum atomic E-state index is 13.5. The highest BCUT2D eigenvalue weighted by molar-refractivity contribution is 5.95. The second kappa shape index (κ2) is 7.35. The van der Waals surface area contributed by atoms with Crippen molar-refractivity contribution in [1.29, 1.82) is 0 Å². The Hall–Kier alpha value is -2.74. The Labute approximate surface area is 163 Å². The minimum absolute atomic E-state index is 0.0233. The first-order chi connectivity index (χ1) is 13.4. The molecule has 0 spiro atoms. The van der Waals surface area contributed by atoms with Gasteiger partial charge in [0.2, 0.25) is 5.92 Å². The molecule has 1 unspecified atom stereocenters. The standard InChI is InChI=1S/C23H22F2N2O/c1-15-4-6-18(9-17(15)7-5-16-3-2-8-26-14-16)22(28)27-21-10-19-12-23(24,25)13-20(19)11-21/h2-4,6,8-9,14,19-21H,10-13H2,1H3,(H,27,28)/t19-,20+,21?. The van der Waals surface area contributed by atoms with Crippen LogP contribution in [0.15, 0.2) is 42.7 Å². The van der Waals surface area contributed by atoms with Crippen LogP contribution in [-0.2, 0) is 0 Å². The van der Waals surface area contributed by atoms with E-state index in [2.05, 4.69) is 22.1 Å². The van der Waals surface area contributed by atoms with Gasteiger partial charge in [0.1, 0.15) is 0 Å². The lowest BCUT2D eigenvalue weighted by molar-refractivity contribution is -0.000259. The van der Waals surface area contributed by atoms with E-state index >= 15 is 0 Å². The average Bonchev–Trinajstić information content (AvgIpc) is 3.14. The number of halogens is 2. The summed E-state index contributed by atoms with van der Waals surface area (Å²) >= 11 is 0. The first-order valence-corrected chi connectivity index (χ1v) is 9.61. The molecule has 2 aromatic rings. The Morgan fingerprint density at radius 3 is 2.61 bits per heavy atom. The summed E-state index contributed by atoms with van der Waals surface area (Å²) in [5.74, 6) is 3.53. The van der Waals surface area contributed by atoms with Crippen LogP contribution in [0.4, 0.5) is 8.78 Å². The molecule has 2 aliphatic carbocycles. The van der Waals surface area contributed by atoms with Crippen LogP contribution in [0.5, 0.6) is 0 Å². The fourth-order valence-electron chi connectivity index (χ4n) is 4.42. The number of alkyl halides is 2. The topological polar surface area (TPSA) is 42.0 Å². The SMILES string of the molecule is Cc1ccc(C(=O)NC2C[C@@H]3CC(F)(F)C[C@@H]3C2)cc1C#Cc1cccnc1. The highest BCUT2D eigenvalue weighted by atomic mass is 19.3. The van der Waals surface area contributed by atoms with E-state index in [1.807, 2.05) is 25.1 Å². The maximum Gasteiger partial charge on any atom is 0.251 e. The van der Waals surface area contributed by atoms with Crippen LogP contribution in [0.3, 0.4) is 0 Å². The Bertz CT molecular complexity index is 930. The van der Waals surface area contributed by atoms with Crippen LogP contribution in [0, 0.1) is 30.6 Å². The van der Waals surface area contributed by atoms with Gasteiger partial charge in [0.15, 0.2) is 0 Å². The molecule has 5 heteroatoms. The number of hydrogen-bond acceptors (Lipinski definition) is 2. The van der Waals surface area contributed by atoms with Crippen LogP contribution < -0.4 is 5.32 Å². The Balaban J connectivity index is 1.44. The molecule has 28 heavy (non-hydrogen) atoms. The summed E-state index contributed by atoms with van der Waals surface area (Å²) in [7, 11) is 0. The third-order valence-corrected chi connectivity index (χ3v) is 5.80. The summed E-state index contributed by atoms with van der Waals surface area (Å²) in [6.45, 7) is 1.95. The van der Waals surface area contributed by atoms with Gasteiger partial charge in [0.05, 0.1) is 0 Å². The van der Waals surface area contributed by atoms with Crippen molar-refractivity contribution in [2.75, 3.05) is 0 Å². The number of benzene rings is 1. The van der Waals surface area contributed by atoms with Crippen molar-refractivity contribution in [1.82, 2.24) is 10.3 Å². The number of amides is 1. The number of aromatic nitrogens is 1. The third-order valence-electron chi connectivity index (χ3n) is 5.80. The van der Waals surface area contributed by atoms with Gasteiger partial charge in [0, 0.05) is 48.0 Å². The van der Waals surface area contributed by atoms with Gasteiger partial charge in [-0.1, -0.05) is 17.9 Å². The Morgan fingerprint density at radius 2 is 1.93 bits per heavy atom. The summed E-state index contributed by atoms with van der Waals surface area (Å²) in [5.41, 5.74) is 3.14. The molecule has 2 aliphatic rings. The molecule has 0 radical (unpaired) electrons. The number of rotatable bonds is 2. The number of fused-ring (bicyclic) bond motifs is 1. The fourth-order valence-corrected chi connectivity index (χ4v) is 4.42. The summed E-state index contributed by atoms with van der Waals surface area (Å²) in [6, 6.07) is 9.14. The first kappa shape index (κ1) is 18.6. The summed E-state index contributed by atoms with van der Waals surface area (Å²) in [5, 5.41) is 3.03. The van der Waals surface area contributed by atoms with Crippen molar-refractivity contribution in [3.63, 3.8) is 0 Å². The van der Waals surface area contributed by atoms with E-state index in [-0.39, 0.29) is 36.6 Å². The van der Waals surface area contributed by atoms with Crippen LogP contribution >= 0.6 is 0 Å². The number of pyridine rings is 1. The van der Waals surface area contributed by atoms with Crippen molar-refractivity contribution >= 4 is 5.91 Å². The molecule has 0 bridgehead atoms. The number of carbonyl (C=O) groups is 1. The molecule has 2 fully saturated rings. The van der Waals surface area contributed by atoms with Crippen molar-refractivity contribution in [2.45, 2.75) is 44.6 Å². The lowest BCUT2D eigenvalue weighted by Gasteiger charge is -2.16. The smallest absolute Gasteiger partial charge is 0.251 e. The molecule has 1 heterocycles. The molecule has 1 aromatic heterocycles. The molecule has 2 saturated carbocycles. The van der Waals surface area contributed by atoms with Gasteiger partial charge in [-0.05, 0) is 61.4 Å². The van der Waals surface area contributed by atoms with E-state index in [0.717, 1.165) is 16.7 Å². The maximum absolute atomic E-state index is 13.5. The van der Waals surface area contributed by atoms with Crippen molar-refractivity contribution in [3.8, 4) is 11.8 Å². The number of nitrogens with zero attached hydrogens (tertiary/aromatic N) is 1. The number of aryl methyl sites for hydroxylation is 1. The minimum Gasteiger partial charge on any atom is -0.349 e. The molecular formula is C23H22F2N2O. The van der Waals surface area contributed by atoms with Crippen LogP contribution in [0.25, 0.3) is 0 Å². The molecule has 0 saturated heterocycles. The summed E-state index contributed by atoms with van der Waals surface area (Å²) in [6.07, 6.45) is 4.60. The van der Waals surface area contributed by atoms with Crippen LogP contribution in [-0.4, -0.2) is 22.9 Å². The zero-order valence-corrected chi connectivity index (χ0v) is 15.7. The first-order valence-electron chi connectivity index (χ1n) is 9.61. The van der Waals surface area contributed by atoms with Crippen molar-refractivity contribution in [3.05, 3.63) is 65.0 Å². The molecule has 3 atom stereocenters. The molecule has 1 aromatic carbocycles. The third kappa shape index (κ3) is 4.06. The molecule has 144 valence electrons. The van der Waals surface area contributed by atoms with Gasteiger partial charge in [-0.3, -0.25) is 9.78 Å². The highest BCUT2D eigenvalue weighted by Crippen LogP contribution is 2.51.